The molecule has 2 nitrogen and oxygen atoms in total. The Morgan fingerprint density at radius 1 is 1.19 bits per heavy atom. The normalized spacial score (nSPS) is 56.3. The summed E-state index contributed by atoms with van der Waals surface area (Å²) < 4.78 is 0. The van der Waals surface area contributed by atoms with Crippen LogP contribution in [0, 0.1) is 40.4 Å². The molecule has 2 heteroatoms. The molecular formula is C19H28O2. The average molecular weight is 288 g/mol. The molecule has 116 valence electrons. The summed E-state index contributed by atoms with van der Waals surface area (Å²) in [6.07, 6.45) is 8.51. The number of allylic oxidation sites excluding steroid dienone is 2. The number of fused-ring (bicyclic) bond motifs is 4. The zero-order chi connectivity index (χ0) is 15.2. The van der Waals surface area contributed by atoms with Crippen LogP contribution in [0.15, 0.2) is 12.2 Å². The molecule has 0 saturated heterocycles. The lowest BCUT2D eigenvalue weighted by Crippen LogP contribution is -2.56. The number of hydrogen-bond donors (Lipinski definition) is 1. The lowest BCUT2D eigenvalue weighted by Gasteiger charge is -2.46. The molecule has 4 bridgehead atoms. The summed E-state index contributed by atoms with van der Waals surface area (Å²) in [5.41, 5.74) is -1.25. The van der Waals surface area contributed by atoms with E-state index in [-0.39, 0.29) is 22.5 Å². The van der Waals surface area contributed by atoms with Gasteiger partial charge in [-0.2, -0.15) is 0 Å². The van der Waals surface area contributed by atoms with Crippen molar-refractivity contribution in [1.29, 1.82) is 0 Å². The van der Waals surface area contributed by atoms with E-state index >= 15 is 0 Å². The van der Waals surface area contributed by atoms with E-state index in [1.165, 1.54) is 6.42 Å². The maximum Gasteiger partial charge on any atom is 0.168 e. The van der Waals surface area contributed by atoms with Crippen LogP contribution in [0.4, 0.5) is 0 Å². The number of hydrogen-bond acceptors (Lipinski definition) is 2. The van der Waals surface area contributed by atoms with E-state index in [2.05, 4.69) is 39.8 Å². The Hall–Kier alpha value is -0.630. The zero-order valence-electron chi connectivity index (χ0n) is 13.7. The van der Waals surface area contributed by atoms with Gasteiger partial charge in [-0.25, -0.2) is 0 Å². The molecule has 0 unspecified atom stereocenters. The molecule has 4 aliphatic carbocycles. The van der Waals surface area contributed by atoms with Crippen LogP contribution >= 0.6 is 0 Å². The van der Waals surface area contributed by atoms with Crippen molar-refractivity contribution < 1.29 is 9.90 Å². The molecule has 1 N–H and O–H groups in total. The Bertz CT molecular complexity index is 534. The molecule has 4 aliphatic rings. The Morgan fingerprint density at radius 3 is 2.33 bits per heavy atom. The van der Waals surface area contributed by atoms with Crippen molar-refractivity contribution in [2.75, 3.05) is 0 Å². The molecule has 7 atom stereocenters. The summed E-state index contributed by atoms with van der Waals surface area (Å²) in [5, 5.41) is 11.5. The maximum atomic E-state index is 13.4. The van der Waals surface area contributed by atoms with Crippen LogP contribution in [-0.2, 0) is 4.79 Å². The fourth-order valence-electron chi connectivity index (χ4n) is 6.43. The summed E-state index contributed by atoms with van der Waals surface area (Å²) in [7, 11) is 0. The van der Waals surface area contributed by atoms with Gasteiger partial charge in [0.2, 0.25) is 0 Å². The Balaban J connectivity index is 1.71. The van der Waals surface area contributed by atoms with Gasteiger partial charge in [0.05, 0.1) is 0 Å². The minimum absolute atomic E-state index is 0.0528. The monoisotopic (exact) mass is 288 g/mol. The molecule has 0 radical (unpaired) electrons. The summed E-state index contributed by atoms with van der Waals surface area (Å²) in [5.74, 6) is 2.07. The second-order valence-electron chi connectivity index (χ2n) is 9.05. The van der Waals surface area contributed by atoms with Gasteiger partial charge in [0.15, 0.2) is 5.78 Å². The molecule has 0 aliphatic heterocycles. The van der Waals surface area contributed by atoms with E-state index in [0.717, 1.165) is 12.8 Å². The van der Waals surface area contributed by atoms with E-state index < -0.39 is 5.60 Å². The smallest absolute Gasteiger partial charge is 0.168 e. The zero-order valence-corrected chi connectivity index (χ0v) is 13.7. The maximum absolute atomic E-state index is 13.4. The van der Waals surface area contributed by atoms with Crippen molar-refractivity contribution in [1.82, 2.24) is 0 Å². The highest BCUT2D eigenvalue weighted by Crippen LogP contribution is 2.70. The van der Waals surface area contributed by atoms with Gasteiger partial charge in [-0.15, -0.1) is 0 Å². The highest BCUT2D eigenvalue weighted by Gasteiger charge is 2.72. The van der Waals surface area contributed by atoms with Crippen molar-refractivity contribution >= 4 is 5.78 Å². The van der Waals surface area contributed by atoms with Crippen LogP contribution in [-0.4, -0.2) is 16.5 Å². The molecule has 0 aromatic rings. The van der Waals surface area contributed by atoms with Crippen LogP contribution in [0.1, 0.15) is 53.4 Å². The molecule has 0 aromatic carbocycles. The molecule has 0 amide bonds. The molecule has 0 heterocycles. The predicted octanol–water partition coefficient (Wildman–Crippen LogP) is 3.59. The van der Waals surface area contributed by atoms with Gasteiger partial charge < -0.3 is 5.11 Å². The number of Topliss-reactive ketones (excluding diaryl/α,β-unsaturated/α-hetero) is 1. The highest BCUT2D eigenvalue weighted by molar-refractivity contribution is 5.92. The minimum Gasteiger partial charge on any atom is -0.381 e. The Morgan fingerprint density at radius 2 is 1.86 bits per heavy atom. The van der Waals surface area contributed by atoms with Crippen molar-refractivity contribution in [3.63, 3.8) is 0 Å². The van der Waals surface area contributed by atoms with Gasteiger partial charge in [0, 0.05) is 11.3 Å². The third-order valence-electron chi connectivity index (χ3n) is 8.45. The van der Waals surface area contributed by atoms with Gasteiger partial charge >= 0.3 is 0 Å². The largest absolute Gasteiger partial charge is 0.381 e. The lowest BCUT2D eigenvalue weighted by atomic mass is 9.60. The summed E-state index contributed by atoms with van der Waals surface area (Å²) in [4.78, 5) is 13.4. The molecule has 21 heavy (non-hydrogen) atoms. The lowest BCUT2D eigenvalue weighted by molar-refractivity contribution is -0.162. The SMILES string of the molecule is C[C@@H]1[C@@H](C(=O)[C@@]2(O)C[C@H]3CC[C@]2(C)C3(C)C)[C@@H]2C=C[C@H]1C2. The predicted molar refractivity (Wildman–Crippen MR) is 82.6 cm³/mol. The number of aliphatic hydroxyl groups is 1. The molecule has 3 fully saturated rings. The van der Waals surface area contributed by atoms with Crippen LogP contribution in [0.2, 0.25) is 0 Å². The number of carbonyl (C=O) groups is 1. The van der Waals surface area contributed by atoms with Gasteiger partial charge in [-0.1, -0.05) is 39.8 Å². The molecule has 4 rings (SSSR count). The first-order valence-electron chi connectivity index (χ1n) is 8.67. The second-order valence-corrected chi connectivity index (χ2v) is 9.05. The fraction of sp³-hybridized carbons (Fsp3) is 0.842. The van der Waals surface area contributed by atoms with E-state index in [0.29, 0.717) is 30.1 Å². The summed E-state index contributed by atoms with van der Waals surface area (Å²) in [6, 6.07) is 0. The topological polar surface area (TPSA) is 37.3 Å². The molecule has 0 spiro atoms. The van der Waals surface area contributed by atoms with E-state index in [9.17, 15) is 9.90 Å². The van der Waals surface area contributed by atoms with Gasteiger partial charge in [0.1, 0.15) is 5.60 Å². The number of rotatable bonds is 2. The summed E-state index contributed by atoms with van der Waals surface area (Å²) >= 11 is 0. The third kappa shape index (κ3) is 1.37. The van der Waals surface area contributed by atoms with E-state index in [4.69, 9.17) is 0 Å². The van der Waals surface area contributed by atoms with Gasteiger partial charge in [-0.3, -0.25) is 4.79 Å². The highest BCUT2D eigenvalue weighted by atomic mass is 16.3. The van der Waals surface area contributed by atoms with Gasteiger partial charge in [0.25, 0.3) is 0 Å². The van der Waals surface area contributed by atoms with Gasteiger partial charge in [-0.05, 0) is 54.8 Å². The number of ketones is 1. The molecule has 0 aromatic heterocycles. The average Bonchev–Trinajstić information content (AvgIpc) is 3.09. The van der Waals surface area contributed by atoms with Crippen LogP contribution in [0.5, 0.6) is 0 Å². The Labute approximate surface area is 128 Å². The van der Waals surface area contributed by atoms with Crippen molar-refractivity contribution in [2.45, 2.75) is 59.0 Å². The van der Waals surface area contributed by atoms with E-state index in [1.807, 2.05) is 0 Å². The van der Waals surface area contributed by atoms with Crippen LogP contribution in [0.3, 0.4) is 0 Å². The first kappa shape index (κ1) is 14.0. The fourth-order valence-corrected chi connectivity index (χ4v) is 6.43. The van der Waals surface area contributed by atoms with Crippen molar-refractivity contribution in [3.05, 3.63) is 12.2 Å². The number of carbonyl (C=O) groups excluding carboxylic acids is 1. The minimum atomic E-state index is -1.09. The molecule has 3 saturated carbocycles. The summed E-state index contributed by atoms with van der Waals surface area (Å²) in [6.45, 7) is 8.91. The standard InChI is InChI=1S/C19H28O2/c1-11-12-5-6-13(9-12)15(11)16(20)19(21)10-14-7-8-18(19,4)17(14,2)3/h5-6,11-15,21H,7-10H2,1-4H3/t11-,12-,13+,14+,15+,18+,19-/m0/s1. The quantitative estimate of drug-likeness (QED) is 0.788. The Kier molecular flexibility index (Phi) is 2.55. The van der Waals surface area contributed by atoms with Crippen molar-refractivity contribution in [2.24, 2.45) is 40.4 Å². The first-order chi connectivity index (χ1) is 9.72. The van der Waals surface area contributed by atoms with Crippen molar-refractivity contribution in [3.8, 4) is 0 Å². The third-order valence-corrected chi connectivity index (χ3v) is 8.45. The second kappa shape index (κ2) is 3.82. The molecular weight excluding hydrogens is 260 g/mol. The van der Waals surface area contributed by atoms with E-state index in [1.54, 1.807) is 0 Å². The van der Waals surface area contributed by atoms with Crippen LogP contribution in [0.25, 0.3) is 0 Å². The first-order valence-corrected chi connectivity index (χ1v) is 8.67. The van der Waals surface area contributed by atoms with Crippen LogP contribution < -0.4 is 0 Å².